The highest BCUT2D eigenvalue weighted by atomic mass is 32.1. The van der Waals surface area contributed by atoms with Gasteiger partial charge in [-0.15, -0.1) is 34.0 Å². The molecule has 0 saturated heterocycles. The first-order valence-corrected chi connectivity index (χ1v) is 47.7. The number of hydrogen-bond donors (Lipinski definition) is 0. The molecule has 622 valence electrons. The number of hydrogen-bond acceptors (Lipinski definition) is 10. The molecule has 0 aliphatic carbocycles. The number of rotatable bonds is 5. The lowest BCUT2D eigenvalue weighted by molar-refractivity contribution is 0.360. The molecule has 0 saturated carbocycles. The maximum Gasteiger partial charge on any atom is 0.343 e. The van der Waals surface area contributed by atoms with E-state index in [9.17, 15) is 0 Å². The lowest BCUT2D eigenvalue weighted by atomic mass is 9.47. The molecule has 28 rings (SSSR count). The minimum atomic E-state index is -0.292. The Kier molecular flexibility index (Phi) is 15.0. The molecule has 22 aromatic rings. The second-order valence-corrected chi connectivity index (χ2v) is 43.8. The van der Waals surface area contributed by atoms with E-state index in [4.69, 9.17) is 23.4 Å². The van der Waals surface area contributed by atoms with Crippen molar-refractivity contribution in [1.29, 1.82) is 0 Å². The van der Waals surface area contributed by atoms with Gasteiger partial charge in [0.25, 0.3) is 0 Å². The summed E-state index contributed by atoms with van der Waals surface area (Å²) in [6.07, 6.45) is 0. The van der Waals surface area contributed by atoms with E-state index in [2.05, 4.69) is 369 Å². The average Bonchev–Trinajstić information content (AvgIpc) is 1.46. The Morgan fingerprint density at radius 2 is 0.708 bits per heavy atom. The zero-order chi connectivity index (χ0) is 87.1. The predicted molar refractivity (Wildman–Crippen MR) is 548 cm³/mol. The Labute approximate surface area is 764 Å². The van der Waals surface area contributed by atoms with Crippen LogP contribution in [0.15, 0.2) is 296 Å². The fourth-order valence-electron chi connectivity index (χ4n) is 22.4. The summed E-state index contributed by atoms with van der Waals surface area (Å²) in [5.41, 5.74) is 31.7. The molecule has 0 bridgehead atoms. The molecule has 0 amide bonds. The van der Waals surface area contributed by atoms with Gasteiger partial charge in [-0.25, -0.2) is 0 Å². The SMILES string of the molecule is CC(C)(C)c1ccc(N2B3c4sc5ccc(-c6ccccc6)cc5c4-n4c5ccc(C(C)(C)C)cc5c5c6oc7ccccc7c6c(c3c54)-c3cc4c(cc32)Oc2cc(-c3cccc(-c5ccc6sc7c(c6c5)-n5c6ccc(C(C)(C)C)cc6c6c8sc9ccccc9c8c8c(c65)B7N(c5ccc(C(C)(C)C)cc5)c5cc6c(cc5-8)Oc5ccccc5O6)c3)ccc2O4)cc1. The molecule has 12 heterocycles. The van der Waals surface area contributed by atoms with Crippen molar-refractivity contribution in [2.45, 2.75) is 105 Å². The number of ether oxygens (including phenoxy) is 4. The van der Waals surface area contributed by atoms with Crippen LogP contribution in [0.3, 0.4) is 0 Å². The maximum atomic E-state index is 7.48. The van der Waals surface area contributed by atoms with E-state index in [0.717, 1.165) is 94.5 Å². The molecule has 0 fully saturated rings. The Bertz CT molecular complexity index is 8880. The molecule has 0 spiro atoms. The van der Waals surface area contributed by atoms with Crippen LogP contribution in [0.25, 0.3) is 173 Å². The summed E-state index contributed by atoms with van der Waals surface area (Å²) in [7, 11) is 0. The number of aromatic nitrogens is 2. The molecule has 0 unspecified atom stereocenters. The van der Waals surface area contributed by atoms with Gasteiger partial charge < -0.3 is 42.1 Å². The van der Waals surface area contributed by atoms with Crippen molar-refractivity contribution in [1.82, 2.24) is 9.13 Å². The minimum absolute atomic E-state index is 0.0620. The van der Waals surface area contributed by atoms with Gasteiger partial charge >= 0.3 is 13.7 Å². The molecule has 9 nitrogen and oxygen atoms in total. The Morgan fingerprint density at radius 3 is 1.27 bits per heavy atom. The maximum absolute atomic E-state index is 7.48. The lowest BCUT2D eigenvalue weighted by Gasteiger charge is -2.42. The molecular weight excluding hydrogens is 1650 g/mol. The number of thiophene rings is 3. The first-order valence-electron chi connectivity index (χ1n) is 45.3. The van der Waals surface area contributed by atoms with E-state index >= 15 is 0 Å². The quantitative estimate of drug-likeness (QED) is 0.159. The van der Waals surface area contributed by atoms with Crippen molar-refractivity contribution in [2.24, 2.45) is 0 Å². The third-order valence-electron chi connectivity index (χ3n) is 28.8. The first kappa shape index (κ1) is 75.0. The van der Waals surface area contributed by atoms with Crippen molar-refractivity contribution in [3.63, 3.8) is 0 Å². The zero-order valence-electron chi connectivity index (χ0n) is 73.9. The van der Waals surface area contributed by atoms with Gasteiger partial charge in [-0.05, 0) is 227 Å². The fraction of sp³-hybridized carbons (Fsp3) is 0.138. The number of para-hydroxylation sites is 3. The van der Waals surface area contributed by atoms with Crippen LogP contribution in [0, 0.1) is 0 Å². The summed E-state index contributed by atoms with van der Waals surface area (Å²) in [5, 5.41) is 12.0. The minimum Gasteiger partial charge on any atom is -0.455 e. The average molecular weight is 1730 g/mol. The number of anilines is 4. The van der Waals surface area contributed by atoms with Gasteiger partial charge in [0.2, 0.25) is 0 Å². The van der Waals surface area contributed by atoms with E-state index in [1.165, 1.54) is 144 Å². The number of furan rings is 1. The van der Waals surface area contributed by atoms with E-state index in [1.54, 1.807) is 0 Å². The van der Waals surface area contributed by atoms with Gasteiger partial charge in [0.1, 0.15) is 11.2 Å². The number of fused-ring (bicyclic) bond motifs is 34. The molecule has 6 aliphatic heterocycles. The third kappa shape index (κ3) is 10.4. The van der Waals surface area contributed by atoms with Crippen LogP contribution in [0.5, 0.6) is 46.0 Å². The highest BCUT2D eigenvalue weighted by molar-refractivity contribution is 7.33. The van der Waals surface area contributed by atoms with Crippen molar-refractivity contribution in [2.75, 3.05) is 9.62 Å². The van der Waals surface area contributed by atoms with Gasteiger partial charge in [-0.3, -0.25) is 0 Å². The number of benzene rings is 16. The van der Waals surface area contributed by atoms with Crippen LogP contribution < -0.4 is 49.0 Å². The van der Waals surface area contributed by atoms with E-state index in [0.29, 0.717) is 46.0 Å². The van der Waals surface area contributed by atoms with Crippen molar-refractivity contribution in [3.05, 3.63) is 313 Å². The van der Waals surface area contributed by atoms with Gasteiger partial charge in [-0.1, -0.05) is 235 Å². The van der Waals surface area contributed by atoms with E-state index < -0.39 is 0 Å². The molecule has 130 heavy (non-hydrogen) atoms. The smallest absolute Gasteiger partial charge is 0.343 e. The topological polar surface area (TPSA) is 66.4 Å². The van der Waals surface area contributed by atoms with Crippen molar-refractivity contribution in [3.8, 4) is 113 Å². The third-order valence-corrected chi connectivity index (χ3v) is 32.4. The summed E-state index contributed by atoms with van der Waals surface area (Å²) in [5.74, 6) is 5.38. The highest BCUT2D eigenvalue weighted by Crippen LogP contribution is 2.62. The largest absolute Gasteiger partial charge is 0.455 e. The Balaban J connectivity index is 0.617. The van der Waals surface area contributed by atoms with Gasteiger partial charge in [-0.2, -0.15) is 0 Å². The van der Waals surface area contributed by atoms with Crippen LogP contribution >= 0.6 is 34.0 Å². The van der Waals surface area contributed by atoms with Crippen LogP contribution in [0.2, 0.25) is 0 Å². The summed E-state index contributed by atoms with van der Waals surface area (Å²) >= 11 is 5.76. The predicted octanol–water partition coefficient (Wildman–Crippen LogP) is 31.0. The molecular formula is C116H84B2N4O5S3. The Morgan fingerprint density at radius 1 is 0.285 bits per heavy atom. The lowest BCUT2D eigenvalue weighted by Crippen LogP contribution is -2.59. The van der Waals surface area contributed by atoms with Crippen LogP contribution in [-0.2, 0) is 21.7 Å². The zero-order valence-corrected chi connectivity index (χ0v) is 76.4. The van der Waals surface area contributed by atoms with E-state index in [-0.39, 0.29) is 35.4 Å². The molecule has 16 aromatic carbocycles. The summed E-state index contributed by atoms with van der Waals surface area (Å²) in [4.78, 5) is 5.27. The van der Waals surface area contributed by atoms with Crippen molar-refractivity contribution >= 4 is 197 Å². The molecule has 14 heteroatoms. The van der Waals surface area contributed by atoms with E-state index in [1.807, 2.05) is 58.3 Å². The standard InChI is InChI=1S/C116H84B2N4O5S3/c1-113(2,3)67-36-42-71(43-37-67)121-83-60-93-91(57-77(83)97-99-73-27-16-18-29-85(73)127-109(99)101-75-55-69(115(7,8)9)40-46-81(75)119-105-79-52-64(61-23-14-13-15-24-61)34-49-95(79)129-111(105)117(121)103(97)107(101)119)125-88-48-33-66(54-89(88)126-93)63-26-22-25-62(51-63)65-35-50-96-80(53-65)106-112(130-96)118-104-98(100-74-28-17-21-32-94(74)128-110(100)102-76-56-70(116(10,11)12)41-47-82(76)120(106)108(102)104)78-58-90-92(124-87-31-20-19-30-86(87)123-90)59-84(78)122(118)72-44-38-68(39-45-72)114(4,5)6/h13-60H,1-12H3. The van der Waals surface area contributed by atoms with Crippen LogP contribution in [-0.4, -0.2) is 22.8 Å². The molecule has 6 aromatic heterocycles. The van der Waals surface area contributed by atoms with Gasteiger partial charge in [0.05, 0.1) is 38.8 Å². The number of nitrogens with zero attached hydrogens (tertiary/aromatic N) is 4. The van der Waals surface area contributed by atoms with Gasteiger partial charge in [0.15, 0.2) is 46.0 Å². The van der Waals surface area contributed by atoms with Crippen molar-refractivity contribution < 1.29 is 23.4 Å². The summed E-state index contributed by atoms with van der Waals surface area (Å²) in [6.45, 7) is 27.2. The second kappa shape index (κ2) is 25.9. The molecule has 0 radical (unpaired) electrons. The summed E-state index contributed by atoms with van der Waals surface area (Å²) in [6, 6.07) is 109. The molecule has 6 aliphatic rings. The molecule has 0 atom stereocenters. The summed E-state index contributed by atoms with van der Waals surface area (Å²) < 4.78 is 49.1. The normalized spacial score (nSPS) is 14.0. The van der Waals surface area contributed by atoms with Gasteiger partial charge in [0, 0.05) is 123 Å². The highest BCUT2D eigenvalue weighted by Gasteiger charge is 2.51. The monoisotopic (exact) mass is 1730 g/mol. The van der Waals surface area contributed by atoms with Crippen LogP contribution in [0.4, 0.5) is 22.7 Å². The molecule has 0 N–H and O–H groups in total. The second-order valence-electron chi connectivity index (χ2n) is 40.5. The first-order chi connectivity index (χ1) is 62.9. The van der Waals surface area contributed by atoms with Crippen LogP contribution in [0.1, 0.15) is 105 Å². The fourth-order valence-corrected chi connectivity index (χ4v) is 26.2. The Hall–Kier alpha value is -14.0.